The maximum Gasteiger partial charge on any atom is 0.354 e. The first kappa shape index (κ1) is 21.4. The summed E-state index contributed by atoms with van der Waals surface area (Å²) >= 11 is 0. The number of piperidine rings is 1. The van der Waals surface area contributed by atoms with Crippen LogP contribution in [0.15, 0.2) is 41.3 Å². The average molecular weight is 430 g/mol. The number of amides is 2. The van der Waals surface area contributed by atoms with Crippen molar-refractivity contribution in [1.82, 2.24) is 24.7 Å². The van der Waals surface area contributed by atoms with Crippen LogP contribution in [0.4, 0.5) is 15.0 Å². The van der Waals surface area contributed by atoms with Gasteiger partial charge >= 0.3 is 11.7 Å². The molecule has 2 aliphatic rings. The highest BCUT2D eigenvalue weighted by Crippen LogP contribution is 2.16. The van der Waals surface area contributed by atoms with E-state index >= 15 is 0 Å². The number of urea groups is 1. The molecule has 9 nitrogen and oxygen atoms in total. The molecule has 0 radical (unpaired) electrons. The van der Waals surface area contributed by atoms with E-state index in [0.29, 0.717) is 38.3 Å². The summed E-state index contributed by atoms with van der Waals surface area (Å²) < 4.78 is 15.3. The van der Waals surface area contributed by atoms with Gasteiger partial charge in [0, 0.05) is 58.1 Å². The molecule has 2 aromatic rings. The third-order valence-corrected chi connectivity index (χ3v) is 5.74. The van der Waals surface area contributed by atoms with Crippen LogP contribution in [0.25, 0.3) is 5.69 Å². The smallest absolute Gasteiger partial charge is 0.325 e. The molecule has 2 saturated heterocycles. The van der Waals surface area contributed by atoms with Gasteiger partial charge in [-0.25, -0.2) is 14.0 Å². The molecule has 31 heavy (non-hydrogen) atoms. The first-order valence-corrected chi connectivity index (χ1v) is 10.6. The number of nitrogens with two attached hydrogens (primary N) is 1. The number of likely N-dealkylation sites (tertiary alicyclic amines) is 1. The Morgan fingerprint density at radius 1 is 1.19 bits per heavy atom. The number of halogens is 1. The SMILES string of the molecule is N[C@@H]1CCN(Cc2ccc(-n3ccc(NC(=O)N4CCNCC4)nc3=O)cc2)CC1F. The molecule has 0 aliphatic carbocycles. The number of aromatic nitrogens is 2. The molecule has 4 rings (SSSR count). The standard InChI is InChI=1S/C21H28FN7O2/c22-17-14-27(9-5-18(17)23)13-15-1-3-16(4-2-15)29-10-6-19(26-21(29)31)25-20(30)28-11-7-24-8-12-28/h1-4,6,10,17-18,24H,5,7-9,11-14,23H2,(H,25,26,30,31)/t17?,18-/m1/s1. The van der Waals surface area contributed by atoms with Gasteiger partial charge < -0.3 is 16.0 Å². The maximum absolute atomic E-state index is 13.8. The van der Waals surface area contributed by atoms with E-state index in [0.717, 1.165) is 25.2 Å². The van der Waals surface area contributed by atoms with E-state index in [9.17, 15) is 14.0 Å². The lowest BCUT2D eigenvalue weighted by molar-refractivity contribution is 0.114. The first-order chi connectivity index (χ1) is 15.0. The number of carbonyl (C=O) groups is 1. The van der Waals surface area contributed by atoms with Gasteiger partial charge in [0.1, 0.15) is 12.0 Å². The van der Waals surface area contributed by atoms with Crippen molar-refractivity contribution >= 4 is 11.8 Å². The van der Waals surface area contributed by atoms with Gasteiger partial charge in [-0.3, -0.25) is 14.8 Å². The van der Waals surface area contributed by atoms with Crippen molar-refractivity contribution in [3.63, 3.8) is 0 Å². The molecule has 2 amide bonds. The Labute approximate surface area is 180 Å². The number of hydrogen-bond donors (Lipinski definition) is 3. The van der Waals surface area contributed by atoms with Crippen LogP contribution in [0.1, 0.15) is 12.0 Å². The van der Waals surface area contributed by atoms with Crippen molar-refractivity contribution < 1.29 is 9.18 Å². The van der Waals surface area contributed by atoms with Crippen molar-refractivity contribution in [3.8, 4) is 5.69 Å². The molecule has 2 fully saturated rings. The summed E-state index contributed by atoms with van der Waals surface area (Å²) in [4.78, 5) is 32.5. The topological polar surface area (TPSA) is 109 Å². The van der Waals surface area contributed by atoms with Crippen LogP contribution < -0.4 is 22.1 Å². The van der Waals surface area contributed by atoms with Crippen LogP contribution >= 0.6 is 0 Å². The second kappa shape index (κ2) is 9.54. The second-order valence-corrected chi connectivity index (χ2v) is 8.00. The maximum atomic E-state index is 13.8. The van der Waals surface area contributed by atoms with Gasteiger partial charge in [-0.05, 0) is 30.2 Å². The molecule has 10 heteroatoms. The molecule has 2 atom stereocenters. The van der Waals surface area contributed by atoms with Crippen LogP contribution in [0.2, 0.25) is 0 Å². The molecule has 0 saturated carbocycles. The van der Waals surface area contributed by atoms with E-state index in [1.165, 1.54) is 4.57 Å². The zero-order valence-corrected chi connectivity index (χ0v) is 17.3. The summed E-state index contributed by atoms with van der Waals surface area (Å²) in [6.45, 7) is 4.48. The van der Waals surface area contributed by atoms with Gasteiger partial charge in [-0.15, -0.1) is 0 Å². The third kappa shape index (κ3) is 5.27. The number of nitrogens with one attached hydrogen (secondary N) is 2. The number of benzene rings is 1. The Hall–Kier alpha value is -2.82. The van der Waals surface area contributed by atoms with Crippen molar-refractivity contribution in [2.45, 2.75) is 25.2 Å². The predicted molar refractivity (Wildman–Crippen MR) is 116 cm³/mol. The summed E-state index contributed by atoms with van der Waals surface area (Å²) in [6, 6.07) is 8.48. The highest BCUT2D eigenvalue weighted by molar-refractivity contribution is 5.88. The summed E-state index contributed by atoms with van der Waals surface area (Å²) in [6.07, 6.45) is 1.25. The molecule has 1 unspecified atom stereocenters. The van der Waals surface area contributed by atoms with Gasteiger partial charge in [-0.2, -0.15) is 4.98 Å². The number of nitrogens with zero attached hydrogens (tertiary/aromatic N) is 4. The van der Waals surface area contributed by atoms with E-state index in [1.807, 2.05) is 29.2 Å². The average Bonchev–Trinajstić information content (AvgIpc) is 2.78. The van der Waals surface area contributed by atoms with Crippen LogP contribution in [-0.4, -0.2) is 76.9 Å². The fraction of sp³-hybridized carbons (Fsp3) is 0.476. The highest BCUT2D eigenvalue weighted by atomic mass is 19.1. The van der Waals surface area contributed by atoms with Crippen molar-refractivity contribution in [2.75, 3.05) is 44.6 Å². The number of carbonyl (C=O) groups excluding carboxylic acids is 1. The van der Waals surface area contributed by atoms with Crippen LogP contribution in [0.5, 0.6) is 0 Å². The zero-order valence-electron chi connectivity index (χ0n) is 17.3. The fourth-order valence-corrected chi connectivity index (χ4v) is 3.88. The number of piperazine rings is 1. The van der Waals surface area contributed by atoms with E-state index in [-0.39, 0.29) is 17.9 Å². The minimum Gasteiger partial charge on any atom is -0.325 e. The van der Waals surface area contributed by atoms with E-state index in [1.54, 1.807) is 17.2 Å². The Morgan fingerprint density at radius 3 is 2.61 bits per heavy atom. The van der Waals surface area contributed by atoms with E-state index in [4.69, 9.17) is 5.73 Å². The van der Waals surface area contributed by atoms with Crippen LogP contribution in [-0.2, 0) is 6.54 Å². The predicted octanol–water partition coefficient (Wildman–Crippen LogP) is 0.541. The van der Waals surface area contributed by atoms with Gasteiger partial charge in [0.15, 0.2) is 0 Å². The summed E-state index contributed by atoms with van der Waals surface area (Å²) in [7, 11) is 0. The van der Waals surface area contributed by atoms with Gasteiger partial charge in [0.25, 0.3) is 0 Å². The lowest BCUT2D eigenvalue weighted by atomic mass is 10.0. The molecule has 0 bridgehead atoms. The van der Waals surface area contributed by atoms with Crippen LogP contribution in [0.3, 0.4) is 0 Å². The number of rotatable bonds is 4. The zero-order chi connectivity index (χ0) is 21.8. The highest BCUT2D eigenvalue weighted by Gasteiger charge is 2.26. The minimum atomic E-state index is -0.997. The van der Waals surface area contributed by atoms with Crippen molar-refractivity contribution in [2.24, 2.45) is 5.73 Å². The fourth-order valence-electron chi connectivity index (χ4n) is 3.88. The molecule has 0 spiro atoms. The normalized spacial score (nSPS) is 22.3. The summed E-state index contributed by atoms with van der Waals surface area (Å²) in [5.41, 5.74) is 6.97. The van der Waals surface area contributed by atoms with Crippen LogP contribution in [0, 0.1) is 0 Å². The van der Waals surface area contributed by atoms with Gasteiger partial charge in [0.05, 0.1) is 5.69 Å². The summed E-state index contributed by atoms with van der Waals surface area (Å²) in [5, 5.41) is 5.87. The molecular formula is C21H28FN7O2. The number of hydrogen-bond acceptors (Lipinski definition) is 6. The minimum absolute atomic E-state index is 0.227. The lowest BCUT2D eigenvalue weighted by Gasteiger charge is -2.32. The number of alkyl halides is 1. The lowest BCUT2D eigenvalue weighted by Crippen LogP contribution is -2.48. The molecule has 1 aromatic carbocycles. The summed E-state index contributed by atoms with van der Waals surface area (Å²) in [5.74, 6) is 0.227. The Morgan fingerprint density at radius 2 is 1.94 bits per heavy atom. The quantitative estimate of drug-likeness (QED) is 0.655. The van der Waals surface area contributed by atoms with Gasteiger partial charge in [-0.1, -0.05) is 12.1 Å². The van der Waals surface area contributed by atoms with Crippen molar-refractivity contribution in [1.29, 1.82) is 0 Å². The first-order valence-electron chi connectivity index (χ1n) is 10.6. The largest absolute Gasteiger partial charge is 0.354 e. The molecule has 4 N–H and O–H groups in total. The Bertz CT molecular complexity index is 959. The van der Waals surface area contributed by atoms with E-state index < -0.39 is 11.9 Å². The number of anilines is 1. The van der Waals surface area contributed by atoms with Crippen molar-refractivity contribution in [3.05, 3.63) is 52.6 Å². The monoisotopic (exact) mass is 429 g/mol. The molecule has 3 heterocycles. The van der Waals surface area contributed by atoms with Gasteiger partial charge in [0.2, 0.25) is 0 Å². The Kier molecular flexibility index (Phi) is 6.59. The molecule has 2 aliphatic heterocycles. The molecule has 166 valence electrons. The third-order valence-electron chi connectivity index (χ3n) is 5.74. The molecular weight excluding hydrogens is 401 g/mol. The van der Waals surface area contributed by atoms with E-state index in [2.05, 4.69) is 15.6 Å². The second-order valence-electron chi connectivity index (χ2n) is 8.00. The molecule has 1 aromatic heterocycles. The Balaban J connectivity index is 1.39.